The topological polar surface area (TPSA) is 67.6 Å². The molecule has 1 fully saturated rings. The fourth-order valence-corrected chi connectivity index (χ4v) is 4.30. The van der Waals surface area contributed by atoms with Crippen LogP contribution in [0.2, 0.25) is 0 Å². The Morgan fingerprint density at radius 1 is 1.15 bits per heavy atom. The molecule has 1 aromatic rings. The van der Waals surface area contributed by atoms with E-state index >= 15 is 0 Å². The van der Waals surface area contributed by atoms with Crippen LogP contribution >= 0.6 is 0 Å². The van der Waals surface area contributed by atoms with Crippen molar-refractivity contribution in [3.8, 4) is 6.07 Å². The van der Waals surface area contributed by atoms with Crippen molar-refractivity contribution in [2.45, 2.75) is 25.6 Å². The molecule has 6 nitrogen and oxygen atoms in total. The van der Waals surface area contributed by atoms with Crippen LogP contribution in [0, 0.1) is 11.3 Å². The van der Waals surface area contributed by atoms with Crippen molar-refractivity contribution in [1.82, 2.24) is 13.5 Å². The van der Waals surface area contributed by atoms with E-state index in [-0.39, 0.29) is 13.0 Å². The number of benzene rings is 1. The van der Waals surface area contributed by atoms with Crippen LogP contribution in [0.15, 0.2) is 24.3 Å². The Bertz CT molecular complexity index is 760. The van der Waals surface area contributed by atoms with E-state index in [2.05, 4.69) is 0 Å². The number of rotatable bonds is 6. The minimum atomic E-state index is -4.35. The highest BCUT2D eigenvalue weighted by molar-refractivity contribution is 7.86. The molecule has 0 amide bonds. The molecule has 2 rings (SSSR count). The van der Waals surface area contributed by atoms with Gasteiger partial charge in [0, 0.05) is 46.2 Å². The first kappa shape index (κ1) is 21.6. The minimum Gasteiger partial charge on any atom is -0.298 e. The van der Waals surface area contributed by atoms with Gasteiger partial charge in [0.1, 0.15) is 0 Å². The Morgan fingerprint density at radius 2 is 1.81 bits per heavy atom. The summed E-state index contributed by atoms with van der Waals surface area (Å²) in [6, 6.07) is 6.97. The summed E-state index contributed by atoms with van der Waals surface area (Å²) in [6.45, 7) is 2.45. The molecule has 0 atom stereocenters. The molecule has 150 valence electrons. The van der Waals surface area contributed by atoms with Gasteiger partial charge in [0.25, 0.3) is 10.2 Å². The number of nitrogens with zero attached hydrogens (tertiary/aromatic N) is 4. The molecule has 1 aromatic carbocycles. The lowest BCUT2D eigenvalue weighted by atomic mass is 10.1. The summed E-state index contributed by atoms with van der Waals surface area (Å²) in [7, 11) is -2.16. The van der Waals surface area contributed by atoms with Gasteiger partial charge in [-0.2, -0.15) is 35.5 Å². The van der Waals surface area contributed by atoms with Gasteiger partial charge in [0.05, 0.1) is 11.6 Å². The van der Waals surface area contributed by atoms with Crippen molar-refractivity contribution < 1.29 is 21.6 Å². The van der Waals surface area contributed by atoms with Gasteiger partial charge >= 0.3 is 6.18 Å². The third-order valence-corrected chi connectivity index (χ3v) is 6.48. The molecule has 0 aromatic heterocycles. The standard InChI is InChI=1S/C17H23F3N4O2S/c1-22(9-2-8-21)27(25,26)24-11-3-10-23(12-13-24)14-15-4-6-16(7-5-15)17(18,19)20/h4-7H,2-3,9-14H2,1H3. The van der Waals surface area contributed by atoms with Crippen LogP contribution in [0.25, 0.3) is 0 Å². The predicted molar refractivity (Wildman–Crippen MR) is 94.7 cm³/mol. The Balaban J connectivity index is 1.95. The van der Waals surface area contributed by atoms with Crippen LogP contribution in [0.1, 0.15) is 24.0 Å². The Kier molecular flexibility index (Phi) is 7.22. The van der Waals surface area contributed by atoms with Crippen molar-refractivity contribution in [3.63, 3.8) is 0 Å². The fourth-order valence-electron chi connectivity index (χ4n) is 2.91. The molecule has 27 heavy (non-hydrogen) atoms. The lowest BCUT2D eigenvalue weighted by Crippen LogP contribution is -2.43. The number of alkyl halides is 3. The summed E-state index contributed by atoms with van der Waals surface area (Å²) in [5, 5.41) is 8.62. The summed E-state index contributed by atoms with van der Waals surface area (Å²) >= 11 is 0. The highest BCUT2D eigenvalue weighted by Crippen LogP contribution is 2.29. The zero-order valence-corrected chi connectivity index (χ0v) is 15.9. The van der Waals surface area contributed by atoms with Gasteiger partial charge in [-0.15, -0.1) is 0 Å². The van der Waals surface area contributed by atoms with E-state index in [1.54, 1.807) is 0 Å². The average molecular weight is 404 g/mol. The molecule has 10 heteroatoms. The maximum absolute atomic E-state index is 12.6. The smallest absolute Gasteiger partial charge is 0.298 e. The molecule has 1 saturated heterocycles. The molecule has 1 aliphatic heterocycles. The number of nitriles is 1. The van der Waals surface area contributed by atoms with E-state index in [9.17, 15) is 21.6 Å². The highest BCUT2D eigenvalue weighted by Gasteiger charge is 2.30. The van der Waals surface area contributed by atoms with E-state index in [1.807, 2.05) is 11.0 Å². The Morgan fingerprint density at radius 3 is 2.41 bits per heavy atom. The molecule has 1 aliphatic rings. The molecule has 1 heterocycles. The molecule has 0 spiro atoms. The number of hydrogen-bond acceptors (Lipinski definition) is 4. The maximum atomic E-state index is 12.6. The average Bonchev–Trinajstić information content (AvgIpc) is 2.85. The largest absolute Gasteiger partial charge is 0.416 e. The van der Waals surface area contributed by atoms with Gasteiger partial charge in [0.15, 0.2) is 0 Å². The number of halogens is 3. The van der Waals surface area contributed by atoms with Crippen LogP contribution < -0.4 is 0 Å². The molecule has 0 radical (unpaired) electrons. The minimum absolute atomic E-state index is 0.129. The summed E-state index contributed by atoms with van der Waals surface area (Å²) in [6.07, 6.45) is -3.59. The SMILES string of the molecule is CN(CCC#N)S(=O)(=O)N1CCCN(Cc2ccc(C(F)(F)F)cc2)CC1. The normalized spacial score (nSPS) is 17.6. The molecule has 0 unspecified atom stereocenters. The molecule has 0 N–H and O–H groups in total. The first-order valence-electron chi connectivity index (χ1n) is 8.61. The van der Waals surface area contributed by atoms with E-state index in [0.717, 1.165) is 17.7 Å². The summed E-state index contributed by atoms with van der Waals surface area (Å²) < 4.78 is 65.6. The summed E-state index contributed by atoms with van der Waals surface area (Å²) in [5.41, 5.74) is 0.0743. The first-order valence-corrected chi connectivity index (χ1v) is 10.0. The van der Waals surface area contributed by atoms with Gasteiger partial charge < -0.3 is 0 Å². The van der Waals surface area contributed by atoms with Gasteiger partial charge in [0.2, 0.25) is 0 Å². The van der Waals surface area contributed by atoms with E-state index in [0.29, 0.717) is 39.1 Å². The monoisotopic (exact) mass is 404 g/mol. The third-order valence-electron chi connectivity index (χ3n) is 4.49. The fraction of sp³-hybridized carbons (Fsp3) is 0.588. The third kappa shape index (κ3) is 5.90. The van der Waals surface area contributed by atoms with Gasteiger partial charge in [-0.25, -0.2) is 0 Å². The maximum Gasteiger partial charge on any atom is 0.416 e. The first-order chi connectivity index (χ1) is 12.6. The molecular formula is C17H23F3N4O2S. The zero-order valence-electron chi connectivity index (χ0n) is 15.1. The predicted octanol–water partition coefficient (Wildman–Crippen LogP) is 2.30. The van der Waals surface area contributed by atoms with Gasteiger partial charge in [-0.05, 0) is 30.7 Å². The van der Waals surface area contributed by atoms with Crippen LogP contribution in [0.5, 0.6) is 0 Å². The van der Waals surface area contributed by atoms with Crippen LogP contribution in [0.3, 0.4) is 0 Å². The van der Waals surface area contributed by atoms with Crippen LogP contribution in [-0.2, 0) is 22.9 Å². The summed E-state index contributed by atoms with van der Waals surface area (Å²) in [4.78, 5) is 2.04. The Labute approximate surface area is 158 Å². The molecular weight excluding hydrogens is 381 g/mol. The van der Waals surface area contributed by atoms with Crippen molar-refractivity contribution in [2.75, 3.05) is 39.8 Å². The Hall–Kier alpha value is -1.67. The zero-order chi connectivity index (χ0) is 20.1. The quantitative estimate of drug-likeness (QED) is 0.730. The second-order valence-electron chi connectivity index (χ2n) is 6.46. The second-order valence-corrected chi connectivity index (χ2v) is 8.50. The van der Waals surface area contributed by atoms with Crippen molar-refractivity contribution in [3.05, 3.63) is 35.4 Å². The van der Waals surface area contributed by atoms with Crippen LogP contribution in [-0.4, -0.2) is 61.7 Å². The second kappa shape index (κ2) is 9.01. The van der Waals surface area contributed by atoms with E-state index in [1.165, 1.54) is 27.8 Å². The van der Waals surface area contributed by atoms with Crippen molar-refractivity contribution in [1.29, 1.82) is 5.26 Å². The van der Waals surface area contributed by atoms with Gasteiger partial charge in [-0.3, -0.25) is 4.90 Å². The molecule has 0 aliphatic carbocycles. The van der Waals surface area contributed by atoms with Crippen molar-refractivity contribution in [2.24, 2.45) is 0 Å². The van der Waals surface area contributed by atoms with E-state index < -0.39 is 21.9 Å². The summed E-state index contributed by atoms with van der Waals surface area (Å²) in [5.74, 6) is 0. The lowest BCUT2D eigenvalue weighted by molar-refractivity contribution is -0.137. The molecule has 0 saturated carbocycles. The van der Waals surface area contributed by atoms with E-state index in [4.69, 9.17) is 5.26 Å². The van der Waals surface area contributed by atoms with Crippen LogP contribution in [0.4, 0.5) is 13.2 Å². The lowest BCUT2D eigenvalue weighted by Gasteiger charge is -2.26. The molecule has 0 bridgehead atoms. The van der Waals surface area contributed by atoms with Crippen molar-refractivity contribution >= 4 is 10.2 Å². The highest BCUT2D eigenvalue weighted by atomic mass is 32.2. The van der Waals surface area contributed by atoms with Gasteiger partial charge in [-0.1, -0.05) is 12.1 Å². The number of hydrogen-bond donors (Lipinski definition) is 0.